The zero-order valence-electron chi connectivity index (χ0n) is 13.0. The van der Waals surface area contributed by atoms with Crippen LogP contribution >= 0.6 is 0 Å². The molecule has 1 unspecified atom stereocenters. The maximum Gasteiger partial charge on any atom is 0.0922 e. The number of imidazole rings is 1. The second-order valence-electron chi connectivity index (χ2n) is 6.70. The molecule has 118 valence electrons. The Morgan fingerprint density at radius 1 is 1.36 bits per heavy atom. The number of hydrogen-bond donors (Lipinski definition) is 1. The van der Waals surface area contributed by atoms with E-state index in [2.05, 4.69) is 26.2 Å². The minimum absolute atomic E-state index is 0.0883. The minimum Gasteiger partial charge on any atom is -0.374 e. The van der Waals surface area contributed by atoms with Crippen molar-refractivity contribution in [3.05, 3.63) is 36.2 Å². The van der Waals surface area contributed by atoms with Crippen LogP contribution in [0.3, 0.4) is 0 Å². The monoisotopic (exact) mass is 301 g/mol. The van der Waals surface area contributed by atoms with Crippen molar-refractivity contribution in [1.29, 1.82) is 0 Å². The van der Waals surface area contributed by atoms with E-state index < -0.39 is 0 Å². The second kappa shape index (κ2) is 5.52. The maximum atomic E-state index is 6.26. The van der Waals surface area contributed by atoms with Gasteiger partial charge >= 0.3 is 0 Å². The van der Waals surface area contributed by atoms with E-state index in [1.165, 1.54) is 11.3 Å². The quantitative estimate of drug-likeness (QED) is 0.937. The lowest BCUT2D eigenvalue weighted by Crippen LogP contribution is -2.43. The highest BCUT2D eigenvalue weighted by atomic mass is 16.5. The zero-order valence-corrected chi connectivity index (χ0v) is 13.0. The molecule has 2 aliphatic heterocycles. The Kier molecular flexibility index (Phi) is 3.50. The summed E-state index contributed by atoms with van der Waals surface area (Å²) in [5, 5.41) is 4.29. The number of hydrogen-bond acceptors (Lipinski definition) is 4. The number of rotatable bonds is 3. The number of aryl methyl sites for hydroxylation is 1. The number of nitrogens with one attached hydrogen (secondary N) is 1. The average Bonchev–Trinajstić information content (AvgIpc) is 3.24. The van der Waals surface area contributed by atoms with Crippen molar-refractivity contribution >= 4 is 0 Å². The molecule has 2 aromatic heterocycles. The van der Waals surface area contributed by atoms with Crippen LogP contribution < -0.4 is 0 Å². The average molecular weight is 301 g/mol. The molecule has 1 N–H and O–H groups in total. The molecule has 0 saturated carbocycles. The van der Waals surface area contributed by atoms with Crippen molar-refractivity contribution in [2.75, 3.05) is 19.7 Å². The lowest BCUT2D eigenvalue weighted by atomic mass is 9.84. The summed E-state index contributed by atoms with van der Waals surface area (Å²) < 4.78 is 8.14. The van der Waals surface area contributed by atoms with Crippen LogP contribution in [-0.2, 0) is 18.3 Å². The fraction of sp³-hybridized carbons (Fsp3) is 0.625. The van der Waals surface area contributed by atoms with Gasteiger partial charge < -0.3 is 9.72 Å². The summed E-state index contributed by atoms with van der Waals surface area (Å²) in [6, 6.07) is 0. The highest BCUT2D eigenvalue weighted by Gasteiger charge is 2.43. The van der Waals surface area contributed by atoms with Crippen molar-refractivity contribution in [1.82, 2.24) is 24.6 Å². The minimum atomic E-state index is 0.0883. The number of nitrogens with zero attached hydrogens (tertiary/aromatic N) is 4. The van der Waals surface area contributed by atoms with Gasteiger partial charge in [-0.05, 0) is 24.8 Å². The van der Waals surface area contributed by atoms with Gasteiger partial charge in [-0.1, -0.05) is 0 Å². The summed E-state index contributed by atoms with van der Waals surface area (Å²) in [4.78, 5) is 9.76. The van der Waals surface area contributed by atoms with E-state index in [0.29, 0.717) is 5.92 Å². The zero-order chi connectivity index (χ0) is 15.0. The summed E-state index contributed by atoms with van der Waals surface area (Å²) in [6.45, 7) is 3.99. The molecule has 4 rings (SSSR count). The topological polar surface area (TPSA) is 59.0 Å². The van der Waals surface area contributed by atoms with Crippen molar-refractivity contribution in [2.24, 2.45) is 7.05 Å². The number of H-pyrrole nitrogens is 1. The first-order chi connectivity index (χ1) is 10.7. The van der Waals surface area contributed by atoms with E-state index in [-0.39, 0.29) is 5.60 Å². The molecule has 0 amide bonds. The third kappa shape index (κ3) is 2.68. The van der Waals surface area contributed by atoms with Gasteiger partial charge in [0.2, 0.25) is 0 Å². The third-order valence-electron chi connectivity index (χ3n) is 5.12. The third-order valence-corrected chi connectivity index (χ3v) is 5.12. The predicted octanol–water partition coefficient (Wildman–Crippen LogP) is 1.68. The van der Waals surface area contributed by atoms with Crippen molar-refractivity contribution in [3.8, 4) is 0 Å². The van der Waals surface area contributed by atoms with E-state index >= 15 is 0 Å². The fourth-order valence-electron chi connectivity index (χ4n) is 3.79. The number of likely N-dealkylation sites (tertiary alicyclic amines) is 1. The molecule has 2 aromatic rings. The van der Waals surface area contributed by atoms with Crippen LogP contribution in [0.1, 0.15) is 36.4 Å². The first-order valence-corrected chi connectivity index (χ1v) is 8.05. The van der Waals surface area contributed by atoms with Gasteiger partial charge in [-0.3, -0.25) is 9.58 Å². The van der Waals surface area contributed by atoms with Gasteiger partial charge in [-0.15, -0.1) is 0 Å². The number of aromatic nitrogens is 4. The van der Waals surface area contributed by atoms with Crippen molar-refractivity contribution in [3.63, 3.8) is 0 Å². The van der Waals surface area contributed by atoms with Gasteiger partial charge in [0.05, 0.1) is 24.7 Å². The Bertz CT molecular complexity index is 612. The molecule has 22 heavy (non-hydrogen) atoms. The van der Waals surface area contributed by atoms with Gasteiger partial charge in [-0.25, -0.2) is 4.98 Å². The molecule has 1 atom stereocenters. The van der Waals surface area contributed by atoms with Gasteiger partial charge in [-0.2, -0.15) is 5.10 Å². The molecule has 0 aromatic carbocycles. The van der Waals surface area contributed by atoms with E-state index in [0.717, 1.165) is 45.5 Å². The van der Waals surface area contributed by atoms with E-state index in [4.69, 9.17) is 4.74 Å². The Morgan fingerprint density at radius 3 is 2.91 bits per heavy atom. The number of ether oxygens (including phenoxy) is 1. The summed E-state index contributed by atoms with van der Waals surface area (Å²) >= 11 is 0. The van der Waals surface area contributed by atoms with Crippen molar-refractivity contribution < 1.29 is 4.74 Å². The number of aromatic amines is 1. The highest BCUT2D eigenvalue weighted by Crippen LogP contribution is 2.42. The van der Waals surface area contributed by atoms with Crippen LogP contribution in [0.2, 0.25) is 0 Å². The normalized spacial score (nSPS) is 25.0. The van der Waals surface area contributed by atoms with E-state index in [1.54, 1.807) is 6.33 Å². The highest BCUT2D eigenvalue weighted by molar-refractivity contribution is 5.15. The van der Waals surface area contributed by atoms with E-state index in [9.17, 15) is 0 Å². The maximum absolute atomic E-state index is 6.26. The van der Waals surface area contributed by atoms with Crippen molar-refractivity contribution in [2.45, 2.75) is 37.3 Å². The molecule has 6 heteroatoms. The molecule has 0 aliphatic carbocycles. The standard InChI is InChI=1S/C16H23N5O/c1-20-9-14(7-19-20)13-6-16(22-11-13)2-4-21(5-3-16)10-15-8-17-12-18-15/h7-9,12-13H,2-6,10-11H2,1H3,(H,17,18). The van der Waals surface area contributed by atoms with Gasteiger partial charge in [0, 0.05) is 50.7 Å². The Hall–Kier alpha value is -1.66. The first kappa shape index (κ1) is 14.0. The molecule has 0 radical (unpaired) electrons. The Labute approximate surface area is 130 Å². The van der Waals surface area contributed by atoms with Gasteiger partial charge in [0.1, 0.15) is 0 Å². The summed E-state index contributed by atoms with van der Waals surface area (Å²) in [6.07, 6.45) is 11.2. The smallest absolute Gasteiger partial charge is 0.0922 e. The summed E-state index contributed by atoms with van der Waals surface area (Å²) in [5.74, 6) is 0.507. The van der Waals surface area contributed by atoms with Gasteiger partial charge in [0.25, 0.3) is 0 Å². The lowest BCUT2D eigenvalue weighted by Gasteiger charge is -2.38. The Balaban J connectivity index is 1.35. The van der Waals surface area contributed by atoms with Crippen LogP contribution in [0.25, 0.3) is 0 Å². The molecule has 1 spiro atoms. The predicted molar refractivity (Wildman–Crippen MR) is 82.3 cm³/mol. The van der Waals surface area contributed by atoms with Gasteiger partial charge in [0.15, 0.2) is 0 Å². The second-order valence-corrected chi connectivity index (χ2v) is 6.70. The molecule has 0 bridgehead atoms. The Morgan fingerprint density at radius 2 is 2.23 bits per heavy atom. The largest absolute Gasteiger partial charge is 0.374 e. The van der Waals surface area contributed by atoms with Crippen LogP contribution in [0.15, 0.2) is 24.9 Å². The van der Waals surface area contributed by atoms with Crippen LogP contribution in [0.4, 0.5) is 0 Å². The molecule has 4 heterocycles. The van der Waals surface area contributed by atoms with E-state index in [1.807, 2.05) is 24.1 Å². The first-order valence-electron chi connectivity index (χ1n) is 8.05. The summed E-state index contributed by atoms with van der Waals surface area (Å²) in [7, 11) is 1.98. The molecular formula is C16H23N5O. The van der Waals surface area contributed by atoms with Crippen LogP contribution in [0, 0.1) is 0 Å². The molecule has 2 saturated heterocycles. The van der Waals surface area contributed by atoms with Crippen LogP contribution in [0.5, 0.6) is 0 Å². The summed E-state index contributed by atoms with van der Waals surface area (Å²) in [5.41, 5.74) is 2.60. The SMILES string of the molecule is Cn1cc(C2COC3(CCN(Cc4cnc[nH]4)CC3)C2)cn1. The molecule has 6 nitrogen and oxygen atoms in total. The molecular weight excluding hydrogens is 278 g/mol. The lowest BCUT2D eigenvalue weighted by molar-refractivity contribution is -0.0450. The number of piperidine rings is 1. The molecule has 2 fully saturated rings. The molecule has 2 aliphatic rings. The van der Waals surface area contributed by atoms with Crippen LogP contribution in [-0.4, -0.2) is 49.9 Å². The fourth-order valence-corrected chi connectivity index (χ4v) is 3.79.